The number of benzene rings is 1. The zero-order chi connectivity index (χ0) is 10.1. The first kappa shape index (κ1) is 11.4. The van der Waals surface area contributed by atoms with Gasteiger partial charge in [-0.3, -0.25) is 0 Å². The van der Waals surface area contributed by atoms with E-state index in [9.17, 15) is 4.79 Å². The highest BCUT2D eigenvalue weighted by Crippen LogP contribution is 2.21. The molecule has 0 saturated heterocycles. The molecule has 0 aliphatic rings. The van der Waals surface area contributed by atoms with Crippen molar-refractivity contribution in [2.24, 2.45) is 0 Å². The number of esters is 1. The Balaban J connectivity index is 0.00000112. The van der Waals surface area contributed by atoms with Crippen molar-refractivity contribution in [1.82, 2.24) is 4.98 Å². The summed E-state index contributed by atoms with van der Waals surface area (Å²) in [5.74, 6) is -0.388. The Labute approximate surface area is 92.8 Å². The number of H-pyrrole nitrogens is 1. The number of ether oxygens (including phenoxy) is 1. The van der Waals surface area contributed by atoms with Crippen molar-refractivity contribution in [2.75, 3.05) is 12.8 Å². The Morgan fingerprint density at radius 1 is 1.47 bits per heavy atom. The molecule has 1 heterocycles. The lowest BCUT2D eigenvalue weighted by Crippen LogP contribution is -2.00. The van der Waals surface area contributed by atoms with Crippen molar-refractivity contribution in [1.29, 1.82) is 0 Å². The number of hydrogen-bond acceptors (Lipinski definition) is 3. The number of aromatic nitrogens is 1. The summed E-state index contributed by atoms with van der Waals surface area (Å²) in [6.45, 7) is 0. The highest BCUT2D eigenvalue weighted by atomic mass is 35.5. The minimum atomic E-state index is -0.388. The summed E-state index contributed by atoms with van der Waals surface area (Å²) in [7, 11) is 1.34. The van der Waals surface area contributed by atoms with Crippen LogP contribution in [0.1, 0.15) is 10.5 Å². The van der Waals surface area contributed by atoms with E-state index in [2.05, 4.69) is 9.72 Å². The summed E-state index contributed by atoms with van der Waals surface area (Å²) in [5.41, 5.74) is 7.54. The summed E-state index contributed by atoms with van der Waals surface area (Å²) in [5, 5.41) is 0.908. The molecule has 0 spiro atoms. The van der Waals surface area contributed by atoms with Crippen LogP contribution in [-0.2, 0) is 4.74 Å². The molecule has 3 N–H and O–H groups in total. The average Bonchev–Trinajstić information content (AvgIpc) is 2.62. The molecule has 0 fully saturated rings. The van der Waals surface area contributed by atoms with Gasteiger partial charge in [-0.05, 0) is 12.1 Å². The first-order chi connectivity index (χ1) is 6.72. The SMILES string of the molecule is COC(=O)c1cc2cccc(N)c2[nH]1.Cl. The number of nitrogens with two attached hydrogens (primary N) is 1. The second-order valence-electron chi connectivity index (χ2n) is 2.99. The van der Waals surface area contributed by atoms with E-state index < -0.39 is 0 Å². The number of methoxy groups -OCH3 is 1. The fraction of sp³-hybridized carbons (Fsp3) is 0.100. The van der Waals surface area contributed by atoms with Crippen LogP contribution < -0.4 is 5.73 Å². The van der Waals surface area contributed by atoms with Crippen molar-refractivity contribution in [3.8, 4) is 0 Å². The molecule has 0 saturated carbocycles. The lowest BCUT2D eigenvalue weighted by atomic mass is 10.2. The molecule has 2 rings (SSSR count). The number of rotatable bonds is 1. The number of para-hydroxylation sites is 1. The molecule has 2 aromatic rings. The third-order valence-electron chi connectivity index (χ3n) is 2.09. The first-order valence-corrected chi connectivity index (χ1v) is 4.18. The van der Waals surface area contributed by atoms with Crippen LogP contribution >= 0.6 is 12.4 Å². The third-order valence-corrected chi connectivity index (χ3v) is 2.09. The first-order valence-electron chi connectivity index (χ1n) is 4.18. The van der Waals surface area contributed by atoms with Gasteiger partial charge in [-0.25, -0.2) is 4.79 Å². The number of hydrogen-bond donors (Lipinski definition) is 2. The van der Waals surface area contributed by atoms with Crippen LogP contribution in [0.25, 0.3) is 10.9 Å². The van der Waals surface area contributed by atoms with Gasteiger partial charge in [-0.2, -0.15) is 0 Å². The van der Waals surface area contributed by atoms with Gasteiger partial charge in [0.1, 0.15) is 5.69 Å². The molecule has 0 radical (unpaired) electrons. The summed E-state index contributed by atoms with van der Waals surface area (Å²) < 4.78 is 4.59. The second kappa shape index (κ2) is 4.23. The van der Waals surface area contributed by atoms with Gasteiger partial charge in [-0.1, -0.05) is 12.1 Å². The van der Waals surface area contributed by atoms with Crippen LogP contribution in [0.3, 0.4) is 0 Å². The van der Waals surface area contributed by atoms with E-state index in [1.54, 1.807) is 12.1 Å². The van der Waals surface area contributed by atoms with E-state index in [1.807, 2.05) is 12.1 Å². The fourth-order valence-electron chi connectivity index (χ4n) is 1.40. The van der Waals surface area contributed by atoms with Crippen LogP contribution in [0.15, 0.2) is 24.3 Å². The van der Waals surface area contributed by atoms with Crippen LogP contribution in [0.5, 0.6) is 0 Å². The molecule has 15 heavy (non-hydrogen) atoms. The van der Waals surface area contributed by atoms with Gasteiger partial charge >= 0.3 is 5.97 Å². The van der Waals surface area contributed by atoms with Crippen LogP contribution in [0.4, 0.5) is 5.69 Å². The Morgan fingerprint density at radius 3 is 2.80 bits per heavy atom. The topological polar surface area (TPSA) is 68.1 Å². The summed E-state index contributed by atoms with van der Waals surface area (Å²) in [4.78, 5) is 14.1. The van der Waals surface area contributed by atoms with E-state index in [0.29, 0.717) is 11.4 Å². The van der Waals surface area contributed by atoms with E-state index in [4.69, 9.17) is 5.73 Å². The molecule has 4 nitrogen and oxygen atoms in total. The number of nitrogens with one attached hydrogen (secondary N) is 1. The molecular weight excluding hydrogens is 216 g/mol. The second-order valence-corrected chi connectivity index (χ2v) is 2.99. The van der Waals surface area contributed by atoms with Gasteiger partial charge in [0.2, 0.25) is 0 Å². The smallest absolute Gasteiger partial charge is 0.354 e. The van der Waals surface area contributed by atoms with Crippen molar-refractivity contribution < 1.29 is 9.53 Å². The highest BCUT2D eigenvalue weighted by molar-refractivity contribution is 5.98. The fourth-order valence-corrected chi connectivity index (χ4v) is 1.40. The van der Waals surface area contributed by atoms with E-state index in [1.165, 1.54) is 7.11 Å². The lowest BCUT2D eigenvalue weighted by molar-refractivity contribution is 0.0595. The van der Waals surface area contributed by atoms with Gasteiger partial charge < -0.3 is 15.5 Å². The Hall–Kier alpha value is -1.68. The quantitative estimate of drug-likeness (QED) is 0.577. The number of anilines is 1. The Bertz CT molecular complexity index is 493. The average molecular weight is 227 g/mol. The maximum absolute atomic E-state index is 11.2. The molecule has 1 aromatic heterocycles. The summed E-state index contributed by atoms with van der Waals surface area (Å²) in [6.07, 6.45) is 0. The van der Waals surface area contributed by atoms with E-state index in [0.717, 1.165) is 10.9 Å². The molecule has 5 heteroatoms. The molecule has 0 bridgehead atoms. The number of carbonyl (C=O) groups excluding carboxylic acids is 1. The van der Waals surface area contributed by atoms with Gasteiger partial charge in [-0.15, -0.1) is 12.4 Å². The summed E-state index contributed by atoms with van der Waals surface area (Å²) >= 11 is 0. The highest BCUT2D eigenvalue weighted by Gasteiger charge is 2.09. The zero-order valence-electron chi connectivity index (χ0n) is 8.11. The molecule has 0 atom stereocenters. The normalized spacial score (nSPS) is 9.67. The maximum atomic E-state index is 11.2. The van der Waals surface area contributed by atoms with Gasteiger partial charge in [0.15, 0.2) is 0 Å². The molecule has 0 aliphatic carbocycles. The minimum Gasteiger partial charge on any atom is -0.464 e. The largest absolute Gasteiger partial charge is 0.464 e. The maximum Gasteiger partial charge on any atom is 0.354 e. The number of halogens is 1. The number of carbonyl (C=O) groups is 1. The predicted molar refractivity (Wildman–Crippen MR) is 61.3 cm³/mol. The number of aromatic amines is 1. The molecule has 0 amide bonds. The predicted octanol–water partition coefficient (Wildman–Crippen LogP) is 1.96. The standard InChI is InChI=1S/C10H10N2O2.ClH/c1-14-10(13)8-5-6-3-2-4-7(11)9(6)12-8;/h2-5,12H,11H2,1H3;1H. The van der Waals surface area contributed by atoms with E-state index >= 15 is 0 Å². The molecule has 1 aromatic carbocycles. The zero-order valence-corrected chi connectivity index (χ0v) is 8.93. The van der Waals surface area contributed by atoms with Crippen LogP contribution in [0.2, 0.25) is 0 Å². The Morgan fingerprint density at radius 2 is 2.20 bits per heavy atom. The van der Waals surface area contributed by atoms with Crippen molar-refractivity contribution in [3.63, 3.8) is 0 Å². The summed E-state index contributed by atoms with van der Waals surface area (Å²) in [6, 6.07) is 7.22. The lowest BCUT2D eigenvalue weighted by Gasteiger charge is -1.94. The third kappa shape index (κ3) is 1.89. The van der Waals surface area contributed by atoms with Crippen molar-refractivity contribution in [3.05, 3.63) is 30.0 Å². The molecule has 0 unspecified atom stereocenters. The van der Waals surface area contributed by atoms with Crippen LogP contribution in [-0.4, -0.2) is 18.1 Å². The monoisotopic (exact) mass is 226 g/mol. The molecular formula is C10H11ClN2O2. The van der Waals surface area contributed by atoms with Gasteiger partial charge in [0.25, 0.3) is 0 Å². The number of nitrogen functional groups attached to an aromatic ring is 1. The van der Waals surface area contributed by atoms with Crippen LogP contribution in [0, 0.1) is 0 Å². The minimum absolute atomic E-state index is 0. The molecule has 0 aliphatic heterocycles. The van der Waals surface area contributed by atoms with Crippen molar-refractivity contribution in [2.45, 2.75) is 0 Å². The molecule has 80 valence electrons. The van der Waals surface area contributed by atoms with Gasteiger partial charge in [0, 0.05) is 5.39 Å². The van der Waals surface area contributed by atoms with E-state index in [-0.39, 0.29) is 18.4 Å². The van der Waals surface area contributed by atoms with Crippen molar-refractivity contribution >= 4 is 35.0 Å². The van der Waals surface area contributed by atoms with Gasteiger partial charge in [0.05, 0.1) is 18.3 Å². The Kier molecular flexibility index (Phi) is 3.21. The number of fused-ring (bicyclic) bond motifs is 1.